The first-order valence-electron chi connectivity index (χ1n) is 26.7. The molecule has 0 radical (unpaired) electrons. The molecule has 0 atom stereocenters. The van der Waals surface area contributed by atoms with Crippen molar-refractivity contribution in [1.29, 1.82) is 0 Å². The molecule has 0 aliphatic rings. The Kier molecular flexibility index (Phi) is 10.6. The lowest BCUT2D eigenvalue weighted by molar-refractivity contribution is 0.593. The first kappa shape index (κ1) is 45.7. The maximum absolute atomic E-state index is 5.34. The van der Waals surface area contributed by atoms with Crippen LogP contribution in [0.4, 0.5) is 0 Å². The number of para-hydroxylation sites is 4. The molecule has 4 aromatic heterocycles. The van der Waals surface area contributed by atoms with Gasteiger partial charge in [-0.3, -0.25) is 13.4 Å². The molecular formula is C72H51N5S. The highest BCUT2D eigenvalue weighted by Crippen LogP contribution is 2.56. The summed E-state index contributed by atoms with van der Waals surface area (Å²) in [5.74, 6) is 0.889. The minimum absolute atomic E-state index is 0.151. The summed E-state index contributed by atoms with van der Waals surface area (Å²) in [5, 5.41) is 0. The lowest BCUT2D eigenvalue weighted by Crippen LogP contribution is -2.12. The van der Waals surface area contributed by atoms with Crippen molar-refractivity contribution in [1.82, 2.24) is 23.3 Å². The van der Waals surface area contributed by atoms with E-state index in [0.717, 1.165) is 71.7 Å². The zero-order valence-corrected chi connectivity index (χ0v) is 44.2. The number of fused-ring (bicyclic) bond motifs is 10. The van der Waals surface area contributed by atoms with Gasteiger partial charge >= 0.3 is 0 Å². The van der Waals surface area contributed by atoms with Crippen molar-refractivity contribution >= 4 is 65.4 Å². The topological polar surface area (TPSA) is 39.5 Å². The molecule has 11 aromatic carbocycles. The number of hydrogen-bond acceptors (Lipinski definition) is 3. The van der Waals surface area contributed by atoms with Crippen molar-refractivity contribution in [2.45, 2.75) is 26.2 Å². The van der Waals surface area contributed by atoms with Gasteiger partial charge in [0.25, 0.3) is 0 Å². The minimum Gasteiger partial charge on any atom is -0.283 e. The summed E-state index contributed by atoms with van der Waals surface area (Å²) < 4.78 is 8.16. The van der Waals surface area contributed by atoms with E-state index in [2.05, 4.69) is 289 Å². The molecule has 0 spiro atoms. The average molecular weight is 1020 g/mol. The van der Waals surface area contributed by atoms with Crippen molar-refractivity contribution in [2.24, 2.45) is 0 Å². The Labute approximate surface area is 456 Å². The summed E-state index contributed by atoms with van der Waals surface area (Å²) in [6.07, 6.45) is 0. The molecule has 15 aromatic rings. The molecule has 370 valence electrons. The molecular weight excluding hydrogens is 967 g/mol. The number of hydrogen-bond donors (Lipinski definition) is 0. The van der Waals surface area contributed by atoms with Crippen LogP contribution < -0.4 is 0 Å². The van der Waals surface area contributed by atoms with Crippen LogP contribution in [0.1, 0.15) is 26.3 Å². The molecule has 0 unspecified atom stereocenters. The molecule has 0 fully saturated rings. The number of aromatic nitrogens is 5. The van der Waals surface area contributed by atoms with Gasteiger partial charge in [-0.05, 0) is 132 Å². The van der Waals surface area contributed by atoms with Gasteiger partial charge in [0.05, 0.1) is 49.0 Å². The maximum atomic E-state index is 5.34. The third-order valence-corrected chi connectivity index (χ3v) is 16.7. The van der Waals surface area contributed by atoms with E-state index in [1.54, 1.807) is 11.3 Å². The number of thiazole rings is 1. The highest BCUT2D eigenvalue weighted by molar-refractivity contribution is 7.24. The summed E-state index contributed by atoms with van der Waals surface area (Å²) in [5.41, 5.74) is 26.2. The van der Waals surface area contributed by atoms with Gasteiger partial charge in [0.15, 0.2) is 4.96 Å². The van der Waals surface area contributed by atoms with Crippen molar-refractivity contribution < 1.29 is 0 Å². The second kappa shape index (κ2) is 18.0. The van der Waals surface area contributed by atoms with E-state index in [1.807, 2.05) is 0 Å². The molecule has 15 rings (SSSR count). The Morgan fingerprint density at radius 1 is 0.321 bits per heavy atom. The number of imidazole rings is 3. The zero-order valence-electron chi connectivity index (χ0n) is 43.4. The van der Waals surface area contributed by atoms with Crippen LogP contribution in [0.2, 0.25) is 0 Å². The summed E-state index contributed by atoms with van der Waals surface area (Å²) in [6.45, 7) is 6.99. The van der Waals surface area contributed by atoms with E-state index >= 15 is 0 Å². The Morgan fingerprint density at radius 3 is 1.22 bits per heavy atom. The molecule has 0 amide bonds. The smallest absolute Gasteiger partial charge is 0.220 e. The van der Waals surface area contributed by atoms with Crippen LogP contribution in [0.25, 0.3) is 138 Å². The maximum Gasteiger partial charge on any atom is 0.220 e. The summed E-state index contributed by atoms with van der Waals surface area (Å²) >= 11 is 1.78. The first-order chi connectivity index (χ1) is 38.4. The molecule has 6 heteroatoms. The predicted molar refractivity (Wildman–Crippen MR) is 328 cm³/mol. The standard InChI is InChI=1S/C72H51N5S/c1-72(2,3)54-42-44-60-69(78-71-74-56-43-41-53(45-61(56)77(60)71)75-58-35-21-22-36-59(58)76-57-34-20-19-33-55(57)73-70(75)76)62(54)51-37-39-52(40-38-51)68-66(49-29-15-7-16-30-49)64(47-25-11-5-12-26-47)63(46-23-9-4-10-24-46)65(48-27-13-6-14-28-48)67(68)50-31-17-8-18-32-50/h4-45H,1-3H3. The highest BCUT2D eigenvalue weighted by Gasteiger charge is 2.30. The van der Waals surface area contributed by atoms with E-state index in [0.29, 0.717) is 0 Å². The molecule has 4 heterocycles. The molecule has 0 aliphatic heterocycles. The number of nitrogens with zero attached hydrogens (tertiary/aromatic N) is 5. The molecule has 0 saturated carbocycles. The van der Waals surface area contributed by atoms with E-state index in [9.17, 15) is 0 Å². The number of rotatable bonds is 8. The molecule has 5 nitrogen and oxygen atoms in total. The molecule has 0 bridgehead atoms. The second-order valence-corrected chi connectivity index (χ2v) is 22.3. The first-order valence-corrected chi connectivity index (χ1v) is 27.6. The number of benzene rings is 11. The fourth-order valence-electron chi connectivity index (χ4n) is 12.3. The summed E-state index contributed by atoms with van der Waals surface area (Å²) in [4.78, 5) is 11.5. The Balaban J connectivity index is 0.980. The Bertz CT molecular complexity index is 4670. The fraction of sp³-hybridized carbons (Fsp3) is 0.0556. The third-order valence-electron chi connectivity index (χ3n) is 15.6. The van der Waals surface area contributed by atoms with E-state index in [-0.39, 0.29) is 5.41 Å². The largest absolute Gasteiger partial charge is 0.283 e. The lowest BCUT2D eigenvalue weighted by atomic mass is 9.74. The van der Waals surface area contributed by atoms with Gasteiger partial charge in [-0.25, -0.2) is 9.97 Å². The van der Waals surface area contributed by atoms with Crippen LogP contribution in [-0.2, 0) is 5.41 Å². The van der Waals surface area contributed by atoms with Crippen LogP contribution >= 0.6 is 11.3 Å². The fourth-order valence-corrected chi connectivity index (χ4v) is 13.5. The van der Waals surface area contributed by atoms with Crippen LogP contribution in [0, 0.1) is 0 Å². The van der Waals surface area contributed by atoms with Gasteiger partial charge < -0.3 is 0 Å². The van der Waals surface area contributed by atoms with Crippen molar-refractivity contribution in [3.63, 3.8) is 0 Å². The third kappa shape index (κ3) is 7.21. The quantitative estimate of drug-likeness (QED) is 0.152. The van der Waals surface area contributed by atoms with Gasteiger partial charge in [-0.1, -0.05) is 238 Å². The van der Waals surface area contributed by atoms with Crippen molar-refractivity contribution in [3.05, 3.63) is 260 Å². The molecule has 0 saturated heterocycles. The van der Waals surface area contributed by atoms with E-state index < -0.39 is 0 Å². The van der Waals surface area contributed by atoms with Gasteiger partial charge in [-0.15, -0.1) is 0 Å². The minimum atomic E-state index is -0.151. The second-order valence-electron chi connectivity index (χ2n) is 21.3. The van der Waals surface area contributed by atoms with E-state index in [4.69, 9.17) is 9.97 Å². The monoisotopic (exact) mass is 1020 g/mol. The van der Waals surface area contributed by atoms with Gasteiger partial charge in [-0.2, -0.15) is 0 Å². The van der Waals surface area contributed by atoms with Crippen LogP contribution in [0.15, 0.2) is 255 Å². The predicted octanol–water partition coefficient (Wildman–Crippen LogP) is 19.4. The van der Waals surface area contributed by atoms with Gasteiger partial charge in [0, 0.05) is 5.56 Å². The van der Waals surface area contributed by atoms with Crippen LogP contribution in [0.5, 0.6) is 0 Å². The SMILES string of the molecule is CC(C)(C)c1ccc2c(sc3nc4ccc(-n5c6ccccc6n6c7ccccc7nc56)cc4n32)c1-c1ccc(-c2c(-c3ccccc3)c(-c3ccccc3)c(-c3ccccc3)c(-c3ccccc3)c2-c2ccccc2)cc1. The van der Waals surface area contributed by atoms with Crippen molar-refractivity contribution in [2.75, 3.05) is 0 Å². The average Bonchev–Trinajstić information content (AvgIpc) is 4.32. The summed E-state index contributed by atoms with van der Waals surface area (Å²) in [6, 6.07) is 92.8. The zero-order chi connectivity index (χ0) is 52.1. The van der Waals surface area contributed by atoms with Crippen LogP contribution in [-0.4, -0.2) is 23.3 Å². The Morgan fingerprint density at radius 2 is 0.731 bits per heavy atom. The molecule has 0 aliphatic carbocycles. The van der Waals surface area contributed by atoms with Crippen LogP contribution in [0.3, 0.4) is 0 Å². The van der Waals surface area contributed by atoms with Crippen molar-refractivity contribution in [3.8, 4) is 83.6 Å². The van der Waals surface area contributed by atoms with Gasteiger partial charge in [0.1, 0.15) is 0 Å². The normalized spacial score (nSPS) is 12.0. The summed E-state index contributed by atoms with van der Waals surface area (Å²) in [7, 11) is 0. The highest BCUT2D eigenvalue weighted by atomic mass is 32.1. The molecule has 78 heavy (non-hydrogen) atoms. The lowest BCUT2D eigenvalue weighted by Gasteiger charge is -2.29. The van der Waals surface area contributed by atoms with E-state index in [1.165, 1.54) is 71.5 Å². The van der Waals surface area contributed by atoms with Gasteiger partial charge in [0.2, 0.25) is 5.78 Å². The Hall–Kier alpha value is -9.62. The molecule has 0 N–H and O–H groups in total.